The van der Waals surface area contributed by atoms with Crippen LogP contribution < -0.4 is 10.1 Å². The Bertz CT molecular complexity index is 568. The fourth-order valence-corrected chi connectivity index (χ4v) is 2.05. The number of rotatable bonds is 3. The molecule has 0 amide bonds. The van der Waals surface area contributed by atoms with Crippen molar-refractivity contribution in [1.29, 1.82) is 0 Å². The van der Waals surface area contributed by atoms with Crippen LogP contribution >= 0.6 is 0 Å². The average Bonchev–Trinajstić information content (AvgIpc) is 2.51. The van der Waals surface area contributed by atoms with Gasteiger partial charge in [0.25, 0.3) is 0 Å². The van der Waals surface area contributed by atoms with Gasteiger partial charge in [-0.05, 0) is 17.7 Å². The summed E-state index contributed by atoms with van der Waals surface area (Å²) in [6.07, 6.45) is 0.0400. The van der Waals surface area contributed by atoms with Crippen molar-refractivity contribution < 1.29 is 14.6 Å². The minimum absolute atomic E-state index is 0.0400. The second kappa shape index (κ2) is 5.85. The molecule has 6 heteroatoms. The highest BCUT2D eigenvalue weighted by Crippen LogP contribution is 2.25. The molecule has 1 aliphatic rings. The van der Waals surface area contributed by atoms with Gasteiger partial charge in [0.2, 0.25) is 11.8 Å². The molecule has 2 N–H and O–H groups in total. The van der Waals surface area contributed by atoms with E-state index in [1.165, 1.54) is 6.07 Å². The van der Waals surface area contributed by atoms with Crippen LogP contribution in [0.2, 0.25) is 0 Å². The van der Waals surface area contributed by atoms with Crippen LogP contribution in [0.25, 0.3) is 0 Å². The van der Waals surface area contributed by atoms with Crippen LogP contribution in [0.5, 0.6) is 17.5 Å². The van der Waals surface area contributed by atoms with Crippen LogP contribution in [0.15, 0.2) is 36.4 Å². The van der Waals surface area contributed by atoms with Crippen LogP contribution in [0.4, 0.5) is 0 Å². The van der Waals surface area contributed by atoms with Gasteiger partial charge in [0.15, 0.2) is 0 Å². The van der Waals surface area contributed by atoms with E-state index in [0.29, 0.717) is 18.2 Å². The van der Waals surface area contributed by atoms with Gasteiger partial charge in [-0.3, -0.25) is 0 Å². The number of nitrogens with zero attached hydrogens (tertiary/aromatic N) is 2. The lowest BCUT2D eigenvalue weighted by Crippen LogP contribution is -2.33. The zero-order valence-electron chi connectivity index (χ0n) is 10.8. The minimum atomic E-state index is -0.132. The molecule has 104 valence electrons. The predicted octanol–water partition coefficient (Wildman–Crippen LogP) is 1.64. The van der Waals surface area contributed by atoms with Crippen molar-refractivity contribution in [3.05, 3.63) is 42.0 Å². The first-order valence-electron chi connectivity index (χ1n) is 6.44. The summed E-state index contributed by atoms with van der Waals surface area (Å²) >= 11 is 0. The maximum atomic E-state index is 9.08. The molecule has 0 spiro atoms. The average molecular weight is 273 g/mol. The van der Waals surface area contributed by atoms with E-state index in [-0.39, 0.29) is 12.0 Å². The number of aromatic hydroxyl groups is 1. The molecule has 0 aliphatic carbocycles. The minimum Gasteiger partial charge on any atom is -0.492 e. The van der Waals surface area contributed by atoms with Crippen molar-refractivity contribution in [1.82, 2.24) is 15.5 Å². The van der Waals surface area contributed by atoms with Crippen molar-refractivity contribution in [2.75, 3.05) is 19.7 Å². The SMILES string of the molecule is Oc1ccc(Oc2cccc([C@@H]3CNCCO3)c2)nn1. The van der Waals surface area contributed by atoms with E-state index in [1.54, 1.807) is 6.07 Å². The third kappa shape index (κ3) is 3.04. The molecule has 20 heavy (non-hydrogen) atoms. The number of benzene rings is 1. The van der Waals surface area contributed by atoms with Crippen LogP contribution in [0, 0.1) is 0 Å². The Kier molecular flexibility index (Phi) is 3.76. The lowest BCUT2D eigenvalue weighted by molar-refractivity contribution is 0.0276. The molecule has 1 aromatic carbocycles. The van der Waals surface area contributed by atoms with E-state index in [0.717, 1.165) is 18.7 Å². The van der Waals surface area contributed by atoms with Crippen LogP contribution in [-0.2, 0) is 4.74 Å². The van der Waals surface area contributed by atoms with Crippen molar-refractivity contribution in [3.8, 4) is 17.5 Å². The van der Waals surface area contributed by atoms with Gasteiger partial charge in [0.1, 0.15) is 5.75 Å². The number of hydrogen-bond acceptors (Lipinski definition) is 6. The topological polar surface area (TPSA) is 76.5 Å². The second-order valence-electron chi connectivity index (χ2n) is 4.47. The molecule has 1 aromatic heterocycles. The highest BCUT2D eigenvalue weighted by atomic mass is 16.5. The Balaban J connectivity index is 1.75. The normalized spacial score (nSPS) is 18.7. The molecule has 3 rings (SSSR count). The largest absolute Gasteiger partial charge is 0.492 e. The lowest BCUT2D eigenvalue weighted by Gasteiger charge is -2.24. The molecule has 1 atom stereocenters. The molecule has 2 heterocycles. The highest BCUT2D eigenvalue weighted by molar-refractivity contribution is 5.33. The summed E-state index contributed by atoms with van der Waals surface area (Å²) in [7, 11) is 0. The van der Waals surface area contributed by atoms with Crippen molar-refractivity contribution in [2.45, 2.75) is 6.10 Å². The van der Waals surface area contributed by atoms with Crippen LogP contribution in [0.3, 0.4) is 0 Å². The van der Waals surface area contributed by atoms with E-state index in [1.807, 2.05) is 24.3 Å². The quantitative estimate of drug-likeness (QED) is 0.885. The van der Waals surface area contributed by atoms with Gasteiger partial charge < -0.3 is 19.9 Å². The van der Waals surface area contributed by atoms with Gasteiger partial charge in [0.05, 0.1) is 12.7 Å². The molecule has 0 unspecified atom stereocenters. The summed E-state index contributed by atoms with van der Waals surface area (Å²) in [5, 5.41) is 19.7. The van der Waals surface area contributed by atoms with Gasteiger partial charge in [-0.25, -0.2) is 0 Å². The molecule has 1 aliphatic heterocycles. The Morgan fingerprint density at radius 1 is 1.25 bits per heavy atom. The number of nitrogens with one attached hydrogen (secondary N) is 1. The molecule has 0 saturated carbocycles. The highest BCUT2D eigenvalue weighted by Gasteiger charge is 2.16. The van der Waals surface area contributed by atoms with Gasteiger partial charge in [-0.2, -0.15) is 0 Å². The third-order valence-electron chi connectivity index (χ3n) is 3.01. The number of ether oxygens (including phenoxy) is 2. The van der Waals surface area contributed by atoms with Gasteiger partial charge >= 0.3 is 0 Å². The van der Waals surface area contributed by atoms with Gasteiger partial charge in [-0.15, -0.1) is 10.2 Å². The predicted molar refractivity (Wildman–Crippen MR) is 71.8 cm³/mol. The maximum absolute atomic E-state index is 9.08. The first-order chi connectivity index (χ1) is 9.81. The molecular weight excluding hydrogens is 258 g/mol. The standard InChI is InChI=1S/C14H15N3O3/c18-13-4-5-14(17-16-13)20-11-3-1-2-10(8-11)12-9-15-6-7-19-12/h1-5,8,12,15H,6-7,9H2,(H,16,18)/t12-/m0/s1. The maximum Gasteiger partial charge on any atom is 0.239 e. The Morgan fingerprint density at radius 3 is 2.95 bits per heavy atom. The zero-order valence-corrected chi connectivity index (χ0v) is 10.8. The van der Waals surface area contributed by atoms with Crippen LogP contribution in [0.1, 0.15) is 11.7 Å². The van der Waals surface area contributed by atoms with Crippen molar-refractivity contribution in [2.24, 2.45) is 0 Å². The Labute approximate surface area is 116 Å². The van der Waals surface area contributed by atoms with Crippen molar-refractivity contribution >= 4 is 0 Å². The first kappa shape index (κ1) is 12.8. The Morgan fingerprint density at radius 2 is 2.20 bits per heavy atom. The first-order valence-corrected chi connectivity index (χ1v) is 6.44. The molecule has 6 nitrogen and oxygen atoms in total. The summed E-state index contributed by atoms with van der Waals surface area (Å²) in [6.45, 7) is 2.39. The fraction of sp³-hybridized carbons (Fsp3) is 0.286. The Hall–Kier alpha value is -2.18. The number of aromatic nitrogens is 2. The van der Waals surface area contributed by atoms with E-state index in [9.17, 15) is 0 Å². The molecule has 0 radical (unpaired) electrons. The molecule has 1 fully saturated rings. The van der Waals surface area contributed by atoms with Crippen molar-refractivity contribution in [3.63, 3.8) is 0 Å². The van der Waals surface area contributed by atoms with E-state index in [4.69, 9.17) is 14.6 Å². The molecule has 1 saturated heterocycles. The second-order valence-corrected chi connectivity index (χ2v) is 4.47. The summed E-state index contributed by atoms with van der Waals surface area (Å²) in [5.41, 5.74) is 1.06. The lowest BCUT2D eigenvalue weighted by atomic mass is 10.1. The summed E-state index contributed by atoms with van der Waals surface area (Å²) < 4.78 is 11.3. The zero-order chi connectivity index (χ0) is 13.8. The molecular formula is C14H15N3O3. The summed E-state index contributed by atoms with van der Waals surface area (Å²) in [4.78, 5) is 0. The van der Waals surface area contributed by atoms with E-state index < -0.39 is 0 Å². The molecule has 2 aromatic rings. The monoisotopic (exact) mass is 273 g/mol. The van der Waals surface area contributed by atoms with E-state index >= 15 is 0 Å². The summed E-state index contributed by atoms with van der Waals surface area (Å²) in [6, 6.07) is 10.7. The summed E-state index contributed by atoms with van der Waals surface area (Å²) in [5.74, 6) is 0.868. The van der Waals surface area contributed by atoms with Gasteiger partial charge in [0, 0.05) is 25.2 Å². The fourth-order valence-electron chi connectivity index (χ4n) is 2.05. The van der Waals surface area contributed by atoms with E-state index in [2.05, 4.69) is 15.5 Å². The van der Waals surface area contributed by atoms with Gasteiger partial charge in [-0.1, -0.05) is 12.1 Å². The number of morpholine rings is 1. The smallest absolute Gasteiger partial charge is 0.239 e. The molecule has 0 bridgehead atoms. The number of hydrogen-bond donors (Lipinski definition) is 2. The third-order valence-corrected chi connectivity index (χ3v) is 3.01. The van der Waals surface area contributed by atoms with Crippen LogP contribution in [-0.4, -0.2) is 35.0 Å².